The Morgan fingerprint density at radius 2 is 1.00 bits per heavy atom. The predicted molar refractivity (Wildman–Crippen MR) is 5.81 cm³/mol. The second-order valence-corrected chi connectivity index (χ2v) is 0.502. The van der Waals surface area contributed by atoms with Gasteiger partial charge in [-0.2, -0.15) is 0 Å². The van der Waals surface area contributed by atoms with Gasteiger partial charge in [0.1, 0.15) is 0 Å². The molecule has 0 unspecified atom stereocenters. The van der Waals surface area contributed by atoms with Crippen LogP contribution in [0, 0.1) is 0 Å². The van der Waals surface area contributed by atoms with Gasteiger partial charge in [-0.3, -0.25) is 0 Å². The van der Waals surface area contributed by atoms with Crippen LogP contribution in [0.1, 0.15) is 0 Å². The minimum atomic E-state index is -0.812. The van der Waals surface area contributed by atoms with E-state index in [0.29, 0.717) is 0 Å². The van der Waals surface area contributed by atoms with Crippen LogP contribution < -0.4 is 0 Å². The summed E-state index contributed by atoms with van der Waals surface area (Å²) >= 11 is -1.62. The number of hydrogen-bond donors (Lipinski definition) is 2. The van der Waals surface area contributed by atoms with Crippen molar-refractivity contribution >= 4 is 0 Å². The standard InChI is InChI=1S/2Co.Ni.2H2O.2O/h;;;2*1H2;;/q;;+2;;;;/p-2. The molecule has 0 aliphatic rings. The van der Waals surface area contributed by atoms with Crippen LogP contribution in [-0.2, 0) is 54.1 Å². The van der Waals surface area contributed by atoms with E-state index in [1.807, 2.05) is 0 Å². The molecule has 0 radical (unpaired) electrons. The van der Waals surface area contributed by atoms with Gasteiger partial charge in [-0.05, 0) is 0 Å². The van der Waals surface area contributed by atoms with Crippen molar-refractivity contribution in [2.75, 3.05) is 0 Å². The van der Waals surface area contributed by atoms with Crippen molar-refractivity contribution in [3.63, 3.8) is 0 Å². The first kappa shape index (κ1) is 15.7. The first-order chi connectivity index (χ1) is 2.83. The fraction of sp³-hybridized carbons (Fsp3) is 0. The zero-order valence-electron chi connectivity index (χ0n) is 2.69. The molecule has 0 bridgehead atoms. The molecule has 0 amide bonds. The van der Waals surface area contributed by atoms with E-state index in [1.54, 1.807) is 0 Å². The summed E-state index contributed by atoms with van der Waals surface area (Å²) in [5.41, 5.74) is 0. The average Bonchev–Trinajstić information content (AvgIpc) is 1.39. The maximum absolute atomic E-state index is 8.45. The molecule has 2 N–H and O–H groups in total. The molecule has 0 spiro atoms. The summed E-state index contributed by atoms with van der Waals surface area (Å²) < 4.78 is 30.9. The first-order valence-electron chi connectivity index (χ1n) is 0.570. The van der Waals surface area contributed by atoms with Crippen LogP contribution in [0.2, 0.25) is 0 Å². The topological polar surface area (TPSA) is 74.6 Å². The van der Waals surface area contributed by atoms with Crippen molar-refractivity contribution < 1.29 is 62.6 Å². The molecule has 0 fully saturated rings. The van der Waals surface area contributed by atoms with Crippen LogP contribution in [0.5, 0.6) is 0 Å². The van der Waals surface area contributed by atoms with Crippen LogP contribution in [-0.4, -0.2) is 8.44 Å². The van der Waals surface area contributed by atoms with E-state index in [9.17, 15) is 0 Å². The molecule has 0 saturated carbocycles. The Morgan fingerprint density at radius 1 is 1.00 bits per heavy atom. The molecule has 0 aliphatic heterocycles. The van der Waals surface area contributed by atoms with Gasteiger partial charge in [-0.25, -0.2) is 0 Å². The second-order valence-electron chi connectivity index (χ2n) is 0.122. The molecule has 0 atom stereocenters. The van der Waals surface area contributed by atoms with Crippen molar-refractivity contribution in [1.82, 2.24) is 0 Å². The summed E-state index contributed by atoms with van der Waals surface area (Å²) in [6.07, 6.45) is 0. The third-order valence-electron chi connectivity index (χ3n) is 0. The molecule has 0 aromatic rings. The van der Waals surface area contributed by atoms with Gasteiger partial charge < -0.3 is 0 Å². The summed E-state index contributed by atoms with van der Waals surface area (Å²) in [4.78, 5) is 0. The maximum atomic E-state index is 8.45. The quantitative estimate of drug-likeness (QED) is 0.515. The van der Waals surface area contributed by atoms with Crippen molar-refractivity contribution in [3.8, 4) is 0 Å². The fourth-order valence-electron chi connectivity index (χ4n) is 0. The molecule has 7 heteroatoms. The molecule has 0 aromatic heterocycles. The van der Waals surface area contributed by atoms with Crippen LogP contribution in [0.3, 0.4) is 0 Å². The zero-order valence-corrected chi connectivity index (χ0v) is 5.76. The SMILES string of the molecule is [Ni+2].[O]=[Co-][OH].[O]=[Co-][OH]. The third kappa shape index (κ3) is 168. The Hall–Kier alpha value is 1.03. The Labute approximate surface area is 62.6 Å². The van der Waals surface area contributed by atoms with Gasteiger partial charge in [-0.1, -0.05) is 0 Å². The van der Waals surface area contributed by atoms with Gasteiger partial charge in [0.15, 0.2) is 0 Å². The summed E-state index contributed by atoms with van der Waals surface area (Å²) in [6.45, 7) is 0. The van der Waals surface area contributed by atoms with Gasteiger partial charge >= 0.3 is 62.6 Å². The monoisotopic (exact) mass is 242 g/mol. The molecule has 7 heavy (non-hydrogen) atoms. The molecule has 0 aliphatic carbocycles. The third-order valence-corrected chi connectivity index (χ3v) is 0. The van der Waals surface area contributed by atoms with E-state index in [4.69, 9.17) is 16.2 Å². The summed E-state index contributed by atoms with van der Waals surface area (Å²) in [6, 6.07) is 0. The normalized spacial score (nSPS) is 6.00. The van der Waals surface area contributed by atoms with E-state index in [2.05, 4.69) is 0 Å². The van der Waals surface area contributed by atoms with E-state index in [0.717, 1.165) is 0 Å². The Balaban J connectivity index is -0.0000000400. The molecular weight excluding hydrogens is 241 g/mol. The van der Waals surface area contributed by atoms with E-state index in [-0.39, 0.29) is 16.5 Å². The Morgan fingerprint density at radius 3 is 1.00 bits per heavy atom. The van der Waals surface area contributed by atoms with E-state index < -0.39 is 29.9 Å². The molecule has 0 rings (SSSR count). The predicted octanol–water partition coefficient (Wildman–Crippen LogP) is -1.36. The van der Waals surface area contributed by atoms with Crippen molar-refractivity contribution in [3.05, 3.63) is 0 Å². The molecule has 0 heterocycles. The molecule has 54 valence electrons. The first-order valence-corrected chi connectivity index (χ1v) is 2.35. The van der Waals surface area contributed by atoms with E-state index in [1.165, 1.54) is 0 Å². The van der Waals surface area contributed by atoms with Gasteiger partial charge in [0, 0.05) is 0 Å². The number of rotatable bonds is 0. The number of hydrogen-bond acceptors (Lipinski definition) is 2. The zero-order chi connectivity index (χ0) is 5.41. The Bertz CT molecular complexity index is 30.7. The van der Waals surface area contributed by atoms with Gasteiger partial charge in [0.05, 0.1) is 0 Å². The van der Waals surface area contributed by atoms with Crippen molar-refractivity contribution in [2.24, 2.45) is 0 Å². The van der Waals surface area contributed by atoms with Crippen LogP contribution in [0.25, 0.3) is 0 Å². The summed E-state index contributed by atoms with van der Waals surface area (Å²) in [5.74, 6) is 0. The van der Waals surface area contributed by atoms with Gasteiger partial charge in [0.25, 0.3) is 0 Å². The van der Waals surface area contributed by atoms with Gasteiger partial charge in [-0.15, -0.1) is 0 Å². The summed E-state index contributed by atoms with van der Waals surface area (Å²) in [7, 11) is 0. The molecular formula is H2Co2NiO4. The molecule has 0 aromatic carbocycles. The van der Waals surface area contributed by atoms with Gasteiger partial charge in [0.2, 0.25) is 0 Å². The molecule has 0 saturated heterocycles. The van der Waals surface area contributed by atoms with Crippen LogP contribution in [0.15, 0.2) is 0 Å². The van der Waals surface area contributed by atoms with Crippen LogP contribution in [0.4, 0.5) is 0 Å². The fourth-order valence-corrected chi connectivity index (χ4v) is 0. The average molecular weight is 243 g/mol. The van der Waals surface area contributed by atoms with E-state index >= 15 is 0 Å². The van der Waals surface area contributed by atoms with Crippen LogP contribution >= 0.6 is 0 Å². The summed E-state index contributed by atoms with van der Waals surface area (Å²) in [5, 5.41) is 0. The van der Waals surface area contributed by atoms with Crippen molar-refractivity contribution in [2.45, 2.75) is 0 Å². The van der Waals surface area contributed by atoms with Crippen molar-refractivity contribution in [1.29, 1.82) is 0 Å². The minimum absolute atomic E-state index is 0. The molecule has 4 nitrogen and oxygen atoms in total. The second kappa shape index (κ2) is 27.9. The Kier molecular flexibility index (Phi) is 62.4.